The molecule has 9 nitrogen and oxygen atoms in total. The number of nitrogens with zero attached hydrogens (tertiary/aromatic N) is 6. The van der Waals surface area contributed by atoms with Gasteiger partial charge in [-0.05, 0) is 50.5 Å². The Hall–Kier alpha value is -3.62. The summed E-state index contributed by atoms with van der Waals surface area (Å²) in [6.45, 7) is 4.50. The average molecular weight is 463 g/mol. The van der Waals surface area contributed by atoms with Crippen LogP contribution in [0.25, 0.3) is 16.7 Å². The van der Waals surface area contributed by atoms with Gasteiger partial charge in [-0.2, -0.15) is 0 Å². The number of aromatic nitrogens is 5. The van der Waals surface area contributed by atoms with Crippen LogP contribution in [0.4, 0.5) is 0 Å². The van der Waals surface area contributed by atoms with Crippen molar-refractivity contribution in [3.8, 4) is 11.5 Å². The van der Waals surface area contributed by atoms with Crippen LogP contribution >= 0.6 is 0 Å². The normalized spacial score (nSPS) is 14.9. The van der Waals surface area contributed by atoms with Gasteiger partial charge in [0.05, 0.1) is 25.8 Å². The Morgan fingerprint density at radius 1 is 1.06 bits per heavy atom. The summed E-state index contributed by atoms with van der Waals surface area (Å²) in [6.07, 6.45) is 9.67. The number of hydrogen-bond donors (Lipinski definition) is 0. The van der Waals surface area contributed by atoms with Crippen molar-refractivity contribution in [2.75, 3.05) is 14.2 Å². The zero-order valence-corrected chi connectivity index (χ0v) is 20.1. The van der Waals surface area contributed by atoms with Crippen molar-refractivity contribution in [1.29, 1.82) is 0 Å². The number of aryl methyl sites for hydroxylation is 1. The predicted octanol–water partition coefficient (Wildman–Crippen LogP) is 4.77. The van der Waals surface area contributed by atoms with Crippen molar-refractivity contribution >= 4 is 22.9 Å². The van der Waals surface area contributed by atoms with Gasteiger partial charge in [-0.1, -0.05) is 24.4 Å². The topological polar surface area (TPSA) is 88.1 Å². The van der Waals surface area contributed by atoms with Gasteiger partial charge in [0.25, 0.3) is 0 Å². The molecule has 1 saturated carbocycles. The molecule has 4 aromatic rings. The number of benzene rings is 1. The highest BCUT2D eigenvalue weighted by atomic mass is 16.6. The van der Waals surface area contributed by atoms with E-state index in [1.165, 1.54) is 43.4 Å². The fraction of sp³-hybridized carbons (Fsp3) is 0.440. The van der Waals surface area contributed by atoms with E-state index in [2.05, 4.69) is 28.7 Å². The summed E-state index contributed by atoms with van der Waals surface area (Å²) < 4.78 is 14.7. The van der Waals surface area contributed by atoms with Crippen molar-refractivity contribution in [2.24, 2.45) is 5.16 Å². The maximum atomic E-state index is 5.48. The Bertz CT molecular complexity index is 1350. The first kappa shape index (κ1) is 22.2. The molecule has 0 atom stereocenters. The maximum Gasteiger partial charge on any atom is 0.192 e. The molecule has 1 aromatic carbocycles. The molecule has 0 aliphatic heterocycles. The lowest BCUT2D eigenvalue weighted by Crippen LogP contribution is -2.14. The molecule has 5 rings (SSSR count). The highest BCUT2D eigenvalue weighted by molar-refractivity contribution is 5.94. The molecule has 0 radical (unpaired) electrons. The Morgan fingerprint density at radius 2 is 1.85 bits per heavy atom. The molecular weight excluding hydrogens is 432 g/mol. The fourth-order valence-corrected chi connectivity index (χ4v) is 4.90. The second-order valence-electron chi connectivity index (χ2n) is 8.73. The van der Waals surface area contributed by atoms with Crippen molar-refractivity contribution < 1.29 is 14.3 Å². The number of ether oxygens (including phenoxy) is 2. The van der Waals surface area contributed by atoms with E-state index in [1.54, 1.807) is 31.3 Å². The first-order valence-corrected chi connectivity index (χ1v) is 11.7. The second-order valence-corrected chi connectivity index (χ2v) is 8.73. The molecular formula is C25H30N6O3. The van der Waals surface area contributed by atoms with E-state index in [0.717, 1.165) is 22.2 Å². The molecule has 1 fully saturated rings. The minimum atomic E-state index is 0.161. The summed E-state index contributed by atoms with van der Waals surface area (Å²) in [5.41, 5.74) is 5.12. The Morgan fingerprint density at radius 3 is 2.62 bits per heavy atom. The first-order valence-electron chi connectivity index (χ1n) is 11.7. The first-order chi connectivity index (χ1) is 16.6. The third-order valence-electron chi connectivity index (χ3n) is 6.74. The SMILES string of the molecule is COc1ccc(/C=N\OCc2nc3c4c(C)c(C)n(C5CCCCC5)c4ncn3n2)cc1OC. The monoisotopic (exact) mass is 462 g/mol. The summed E-state index contributed by atoms with van der Waals surface area (Å²) in [4.78, 5) is 15.0. The smallest absolute Gasteiger partial charge is 0.192 e. The molecule has 0 saturated heterocycles. The molecule has 0 bridgehead atoms. The minimum absolute atomic E-state index is 0.161. The van der Waals surface area contributed by atoms with Crippen LogP contribution in [0.1, 0.15) is 60.8 Å². The fourth-order valence-electron chi connectivity index (χ4n) is 4.90. The maximum absolute atomic E-state index is 5.48. The van der Waals surface area contributed by atoms with Gasteiger partial charge >= 0.3 is 0 Å². The van der Waals surface area contributed by atoms with Crippen LogP contribution in [-0.2, 0) is 11.4 Å². The van der Waals surface area contributed by atoms with E-state index in [-0.39, 0.29) is 6.61 Å². The van der Waals surface area contributed by atoms with E-state index in [0.29, 0.717) is 23.4 Å². The Kier molecular flexibility index (Phi) is 6.08. The van der Waals surface area contributed by atoms with Gasteiger partial charge in [-0.25, -0.2) is 14.5 Å². The number of methoxy groups -OCH3 is 2. The summed E-state index contributed by atoms with van der Waals surface area (Å²) in [6, 6.07) is 6.05. The highest BCUT2D eigenvalue weighted by Gasteiger charge is 2.24. The molecule has 1 aliphatic carbocycles. The number of hydrogen-bond acceptors (Lipinski definition) is 7. The summed E-state index contributed by atoms with van der Waals surface area (Å²) in [5, 5.41) is 9.68. The third-order valence-corrected chi connectivity index (χ3v) is 6.74. The largest absolute Gasteiger partial charge is 0.493 e. The van der Waals surface area contributed by atoms with Crippen molar-refractivity contribution in [3.63, 3.8) is 0 Å². The van der Waals surface area contributed by atoms with Crippen LogP contribution in [0.2, 0.25) is 0 Å². The van der Waals surface area contributed by atoms with Crippen LogP contribution in [0.3, 0.4) is 0 Å². The second kappa shape index (κ2) is 9.32. The van der Waals surface area contributed by atoms with Crippen LogP contribution in [-0.4, -0.2) is 44.6 Å². The van der Waals surface area contributed by atoms with Crippen molar-refractivity contribution in [2.45, 2.75) is 58.6 Å². The van der Waals surface area contributed by atoms with E-state index in [1.807, 2.05) is 18.2 Å². The molecule has 0 amide bonds. The molecule has 0 N–H and O–H groups in total. The summed E-state index contributed by atoms with van der Waals surface area (Å²) in [7, 11) is 3.20. The number of rotatable bonds is 7. The van der Waals surface area contributed by atoms with E-state index in [9.17, 15) is 0 Å². The Labute approximate surface area is 198 Å². The number of fused-ring (bicyclic) bond motifs is 3. The van der Waals surface area contributed by atoms with Crippen LogP contribution < -0.4 is 9.47 Å². The van der Waals surface area contributed by atoms with E-state index < -0.39 is 0 Å². The molecule has 0 spiro atoms. The van der Waals surface area contributed by atoms with Gasteiger partial charge in [-0.15, -0.1) is 5.10 Å². The molecule has 9 heteroatoms. The zero-order chi connectivity index (χ0) is 23.7. The minimum Gasteiger partial charge on any atom is -0.493 e. The zero-order valence-electron chi connectivity index (χ0n) is 20.1. The standard InChI is InChI=1S/C25H30N6O3/c1-16-17(2)31(19-8-6-5-7-9-19)24-23(16)25-28-22(29-30(25)15-26-24)14-34-27-13-18-10-11-20(32-3)21(12-18)33-4/h10-13,15,19H,5-9,14H2,1-4H3/b27-13-. The van der Waals surface area contributed by atoms with Crippen molar-refractivity contribution in [3.05, 3.63) is 47.2 Å². The summed E-state index contributed by atoms with van der Waals surface area (Å²) >= 11 is 0. The number of oxime groups is 1. The lowest BCUT2D eigenvalue weighted by atomic mass is 9.95. The van der Waals surface area contributed by atoms with Gasteiger partial charge in [0.15, 0.2) is 29.6 Å². The molecule has 178 valence electrons. The molecule has 1 aliphatic rings. The molecule has 0 unspecified atom stereocenters. The third kappa shape index (κ3) is 3.95. The Balaban J connectivity index is 1.37. The molecule has 3 aromatic heterocycles. The van der Waals surface area contributed by atoms with Gasteiger partial charge in [0, 0.05) is 17.3 Å². The van der Waals surface area contributed by atoms with E-state index in [4.69, 9.17) is 24.3 Å². The quantitative estimate of drug-likeness (QED) is 0.290. The lowest BCUT2D eigenvalue weighted by Gasteiger charge is -2.25. The van der Waals surface area contributed by atoms with E-state index >= 15 is 0 Å². The van der Waals surface area contributed by atoms with Gasteiger partial charge < -0.3 is 18.9 Å². The highest BCUT2D eigenvalue weighted by Crippen LogP contribution is 2.36. The predicted molar refractivity (Wildman–Crippen MR) is 130 cm³/mol. The molecule has 34 heavy (non-hydrogen) atoms. The lowest BCUT2D eigenvalue weighted by molar-refractivity contribution is 0.126. The van der Waals surface area contributed by atoms with Crippen molar-refractivity contribution in [1.82, 2.24) is 24.1 Å². The summed E-state index contributed by atoms with van der Waals surface area (Å²) in [5.74, 6) is 1.86. The van der Waals surface area contributed by atoms with Gasteiger partial charge in [0.1, 0.15) is 12.0 Å². The molecule has 3 heterocycles. The van der Waals surface area contributed by atoms with Gasteiger partial charge in [0.2, 0.25) is 0 Å². The van der Waals surface area contributed by atoms with Crippen LogP contribution in [0.5, 0.6) is 11.5 Å². The van der Waals surface area contributed by atoms with Crippen LogP contribution in [0, 0.1) is 13.8 Å². The van der Waals surface area contributed by atoms with Gasteiger partial charge in [-0.3, -0.25) is 0 Å². The average Bonchev–Trinajstić information content (AvgIpc) is 3.40. The van der Waals surface area contributed by atoms with Crippen LogP contribution in [0.15, 0.2) is 29.7 Å².